The standard InChI is InChI=1S/C16H17FN4O3/c1-3-6-13-18-12(20-24-13)9-21-14(22)16(2,19-15(21)23)10-7-4-5-8-11(10)17/h4-5,7-8H,3,6,9H2,1-2H3,(H,19,23). The van der Waals surface area contributed by atoms with Crippen molar-refractivity contribution in [3.8, 4) is 0 Å². The average molecular weight is 332 g/mol. The van der Waals surface area contributed by atoms with Gasteiger partial charge in [-0.25, -0.2) is 9.18 Å². The second-order valence-electron chi connectivity index (χ2n) is 5.78. The number of carbonyl (C=O) groups excluding carboxylic acids is 2. The zero-order valence-corrected chi connectivity index (χ0v) is 13.4. The van der Waals surface area contributed by atoms with Gasteiger partial charge >= 0.3 is 6.03 Å². The van der Waals surface area contributed by atoms with Crippen molar-refractivity contribution < 1.29 is 18.5 Å². The van der Waals surface area contributed by atoms with Crippen LogP contribution in [-0.2, 0) is 23.3 Å². The number of nitrogens with zero attached hydrogens (tertiary/aromatic N) is 3. The molecule has 1 saturated heterocycles. The molecule has 1 aliphatic heterocycles. The van der Waals surface area contributed by atoms with Gasteiger partial charge in [0.1, 0.15) is 11.4 Å². The molecule has 2 heterocycles. The first-order valence-electron chi connectivity index (χ1n) is 7.66. The summed E-state index contributed by atoms with van der Waals surface area (Å²) in [4.78, 5) is 30.0. The van der Waals surface area contributed by atoms with Crippen LogP contribution < -0.4 is 5.32 Å². The summed E-state index contributed by atoms with van der Waals surface area (Å²) in [5.41, 5.74) is -1.34. The first-order chi connectivity index (χ1) is 11.5. The maximum Gasteiger partial charge on any atom is 0.325 e. The molecule has 1 N–H and O–H groups in total. The number of nitrogens with one attached hydrogen (secondary N) is 1. The molecular formula is C16H17FN4O3. The Labute approximate surface area is 137 Å². The molecule has 0 saturated carbocycles. The molecular weight excluding hydrogens is 315 g/mol. The number of hydrogen-bond donors (Lipinski definition) is 1. The van der Waals surface area contributed by atoms with Gasteiger partial charge in [-0.05, 0) is 19.4 Å². The van der Waals surface area contributed by atoms with Crippen LogP contribution in [0.15, 0.2) is 28.8 Å². The lowest BCUT2D eigenvalue weighted by atomic mass is 9.91. The first-order valence-corrected chi connectivity index (χ1v) is 7.66. The molecule has 2 aromatic rings. The molecule has 24 heavy (non-hydrogen) atoms. The number of halogens is 1. The fourth-order valence-corrected chi connectivity index (χ4v) is 2.70. The van der Waals surface area contributed by atoms with E-state index in [-0.39, 0.29) is 17.9 Å². The summed E-state index contributed by atoms with van der Waals surface area (Å²) in [5.74, 6) is -0.420. The van der Waals surface area contributed by atoms with E-state index in [1.54, 1.807) is 6.07 Å². The number of amides is 3. The van der Waals surface area contributed by atoms with Crippen molar-refractivity contribution in [3.63, 3.8) is 0 Å². The van der Waals surface area contributed by atoms with Gasteiger partial charge in [0.15, 0.2) is 5.82 Å². The minimum absolute atomic E-state index is 0.116. The van der Waals surface area contributed by atoms with E-state index < -0.39 is 23.3 Å². The molecule has 0 bridgehead atoms. The highest BCUT2D eigenvalue weighted by Crippen LogP contribution is 2.31. The minimum atomic E-state index is -1.46. The Morgan fingerprint density at radius 3 is 2.79 bits per heavy atom. The van der Waals surface area contributed by atoms with Crippen molar-refractivity contribution in [1.29, 1.82) is 0 Å². The highest BCUT2D eigenvalue weighted by atomic mass is 19.1. The summed E-state index contributed by atoms with van der Waals surface area (Å²) in [6, 6.07) is 5.24. The van der Waals surface area contributed by atoms with Crippen LogP contribution in [0.4, 0.5) is 9.18 Å². The number of imide groups is 1. The van der Waals surface area contributed by atoms with E-state index in [9.17, 15) is 14.0 Å². The van der Waals surface area contributed by atoms with Gasteiger partial charge in [0.2, 0.25) is 5.89 Å². The molecule has 8 heteroatoms. The lowest BCUT2D eigenvalue weighted by Crippen LogP contribution is -2.41. The maximum atomic E-state index is 14.1. The van der Waals surface area contributed by atoms with Gasteiger partial charge in [0.25, 0.3) is 5.91 Å². The fraction of sp³-hybridized carbons (Fsp3) is 0.375. The summed E-state index contributed by atoms with van der Waals surface area (Å²) in [6.45, 7) is 3.33. The van der Waals surface area contributed by atoms with Crippen LogP contribution in [0.5, 0.6) is 0 Å². The third-order valence-corrected chi connectivity index (χ3v) is 3.96. The quantitative estimate of drug-likeness (QED) is 0.847. The smallest absolute Gasteiger partial charge is 0.325 e. The van der Waals surface area contributed by atoms with Crippen molar-refractivity contribution in [2.75, 3.05) is 0 Å². The molecule has 1 fully saturated rings. The lowest BCUT2D eigenvalue weighted by molar-refractivity contribution is -0.131. The van der Waals surface area contributed by atoms with E-state index in [0.29, 0.717) is 12.3 Å². The second-order valence-corrected chi connectivity index (χ2v) is 5.78. The van der Waals surface area contributed by atoms with Crippen LogP contribution in [0.1, 0.15) is 37.5 Å². The number of aryl methyl sites for hydroxylation is 1. The van der Waals surface area contributed by atoms with Gasteiger partial charge in [0.05, 0.1) is 6.54 Å². The van der Waals surface area contributed by atoms with Crippen LogP contribution in [0, 0.1) is 5.82 Å². The van der Waals surface area contributed by atoms with Gasteiger partial charge in [-0.2, -0.15) is 4.98 Å². The molecule has 7 nitrogen and oxygen atoms in total. The number of benzene rings is 1. The average Bonchev–Trinajstić information content (AvgIpc) is 3.07. The molecule has 1 aliphatic rings. The Morgan fingerprint density at radius 2 is 2.08 bits per heavy atom. The summed E-state index contributed by atoms with van der Waals surface area (Å²) >= 11 is 0. The molecule has 3 amide bonds. The SMILES string of the molecule is CCCc1nc(CN2C(=O)NC(C)(c3ccccc3F)C2=O)no1. The van der Waals surface area contributed by atoms with Crippen molar-refractivity contribution in [1.82, 2.24) is 20.4 Å². The minimum Gasteiger partial charge on any atom is -0.339 e. The molecule has 3 rings (SSSR count). The largest absolute Gasteiger partial charge is 0.339 e. The highest BCUT2D eigenvalue weighted by Gasteiger charge is 2.50. The molecule has 126 valence electrons. The number of aromatic nitrogens is 2. The van der Waals surface area contributed by atoms with Crippen molar-refractivity contribution >= 4 is 11.9 Å². The number of rotatable bonds is 5. The number of urea groups is 1. The van der Waals surface area contributed by atoms with E-state index in [1.165, 1.54) is 25.1 Å². The van der Waals surface area contributed by atoms with Crippen molar-refractivity contribution in [3.05, 3.63) is 47.4 Å². The Bertz CT molecular complexity index is 791. The topological polar surface area (TPSA) is 88.3 Å². The zero-order chi connectivity index (χ0) is 17.3. The molecule has 1 aromatic heterocycles. The zero-order valence-electron chi connectivity index (χ0n) is 13.4. The Balaban J connectivity index is 1.85. The summed E-state index contributed by atoms with van der Waals surface area (Å²) < 4.78 is 19.1. The summed E-state index contributed by atoms with van der Waals surface area (Å²) in [7, 11) is 0. The van der Waals surface area contributed by atoms with Gasteiger partial charge in [-0.1, -0.05) is 30.3 Å². The molecule has 0 aliphatic carbocycles. The van der Waals surface area contributed by atoms with Gasteiger partial charge in [-0.3, -0.25) is 9.69 Å². The molecule has 1 aromatic carbocycles. The molecule has 1 atom stereocenters. The van der Waals surface area contributed by atoms with Crippen LogP contribution in [0.25, 0.3) is 0 Å². The van der Waals surface area contributed by atoms with Crippen LogP contribution in [-0.4, -0.2) is 27.0 Å². The monoisotopic (exact) mass is 332 g/mol. The van der Waals surface area contributed by atoms with Gasteiger partial charge < -0.3 is 9.84 Å². The van der Waals surface area contributed by atoms with E-state index >= 15 is 0 Å². The third kappa shape index (κ3) is 2.64. The lowest BCUT2D eigenvalue weighted by Gasteiger charge is -2.22. The predicted molar refractivity (Wildman–Crippen MR) is 81.1 cm³/mol. The molecule has 0 spiro atoms. The highest BCUT2D eigenvalue weighted by molar-refractivity contribution is 6.07. The van der Waals surface area contributed by atoms with Gasteiger partial charge in [0, 0.05) is 12.0 Å². The predicted octanol–water partition coefficient (Wildman–Crippen LogP) is 2.13. The Kier molecular flexibility index (Phi) is 4.04. The second kappa shape index (κ2) is 6.03. The fourth-order valence-electron chi connectivity index (χ4n) is 2.70. The molecule has 1 unspecified atom stereocenters. The number of carbonyl (C=O) groups is 2. The number of hydrogen-bond acceptors (Lipinski definition) is 5. The van der Waals surface area contributed by atoms with Gasteiger partial charge in [-0.15, -0.1) is 0 Å². The third-order valence-electron chi connectivity index (χ3n) is 3.96. The Hall–Kier alpha value is -2.77. The van der Waals surface area contributed by atoms with Crippen molar-refractivity contribution in [2.45, 2.75) is 38.8 Å². The molecule has 0 radical (unpaired) electrons. The summed E-state index contributed by atoms with van der Waals surface area (Å²) in [5, 5.41) is 6.32. The maximum absolute atomic E-state index is 14.1. The van der Waals surface area contributed by atoms with Crippen LogP contribution in [0.2, 0.25) is 0 Å². The summed E-state index contributed by atoms with van der Waals surface area (Å²) in [6.07, 6.45) is 1.47. The van der Waals surface area contributed by atoms with E-state index in [2.05, 4.69) is 15.5 Å². The van der Waals surface area contributed by atoms with Crippen LogP contribution >= 0.6 is 0 Å². The van der Waals surface area contributed by atoms with Crippen LogP contribution in [0.3, 0.4) is 0 Å². The van der Waals surface area contributed by atoms with E-state index in [1.807, 2.05) is 6.92 Å². The van der Waals surface area contributed by atoms with E-state index in [0.717, 1.165) is 11.3 Å². The van der Waals surface area contributed by atoms with E-state index in [4.69, 9.17) is 4.52 Å². The van der Waals surface area contributed by atoms with Crippen molar-refractivity contribution in [2.24, 2.45) is 0 Å². The Morgan fingerprint density at radius 1 is 1.33 bits per heavy atom. The normalized spacial score (nSPS) is 20.5. The first kappa shape index (κ1) is 16.1.